The molecule has 1 fully saturated rings. The predicted molar refractivity (Wildman–Crippen MR) is 85.9 cm³/mol. The van der Waals surface area contributed by atoms with Crippen LogP contribution in [-0.4, -0.2) is 19.8 Å². The van der Waals surface area contributed by atoms with Gasteiger partial charge in [-0.1, -0.05) is 26.7 Å². The van der Waals surface area contributed by atoms with Crippen LogP contribution in [0, 0.1) is 11.8 Å². The highest BCUT2D eigenvalue weighted by Gasteiger charge is 2.41. The van der Waals surface area contributed by atoms with Gasteiger partial charge in [0, 0.05) is 29.8 Å². The van der Waals surface area contributed by atoms with Crippen molar-refractivity contribution in [3.63, 3.8) is 0 Å². The summed E-state index contributed by atoms with van der Waals surface area (Å²) < 4.78 is 11.6. The number of rotatable bonds is 4. The Morgan fingerprint density at radius 2 is 2.14 bits per heavy atom. The van der Waals surface area contributed by atoms with E-state index in [0.717, 1.165) is 18.3 Å². The fourth-order valence-corrected chi connectivity index (χ4v) is 4.08. The summed E-state index contributed by atoms with van der Waals surface area (Å²) in [6.45, 7) is 5.49. The summed E-state index contributed by atoms with van der Waals surface area (Å²) >= 11 is 0. The van der Waals surface area contributed by atoms with Crippen LogP contribution >= 0.6 is 0 Å². The van der Waals surface area contributed by atoms with E-state index in [-0.39, 0.29) is 6.10 Å². The molecule has 3 rings (SSSR count). The summed E-state index contributed by atoms with van der Waals surface area (Å²) in [7, 11) is 1.73. The maximum atomic E-state index is 6.18. The molecule has 1 aromatic carbocycles. The van der Waals surface area contributed by atoms with Gasteiger partial charge in [0.05, 0.1) is 13.2 Å². The Morgan fingerprint density at radius 1 is 1.33 bits per heavy atom. The van der Waals surface area contributed by atoms with Gasteiger partial charge in [0.15, 0.2) is 0 Å². The number of benzene rings is 1. The van der Waals surface area contributed by atoms with Crippen molar-refractivity contribution in [3.05, 3.63) is 23.8 Å². The molecule has 1 saturated heterocycles. The third-order valence-electron chi connectivity index (χ3n) is 5.27. The van der Waals surface area contributed by atoms with Gasteiger partial charge in [-0.15, -0.1) is 0 Å². The summed E-state index contributed by atoms with van der Waals surface area (Å²) in [5.74, 6) is 2.22. The first-order chi connectivity index (χ1) is 10.3. The summed E-state index contributed by atoms with van der Waals surface area (Å²) in [6.07, 6.45) is 5.12. The molecule has 3 atom stereocenters. The van der Waals surface area contributed by atoms with Crippen LogP contribution in [0.3, 0.4) is 0 Å². The zero-order valence-electron chi connectivity index (χ0n) is 13.4. The van der Waals surface area contributed by atoms with Gasteiger partial charge in [0.25, 0.3) is 0 Å². The van der Waals surface area contributed by atoms with E-state index in [2.05, 4.69) is 31.3 Å². The smallest absolute Gasteiger partial charge is 0.119 e. The van der Waals surface area contributed by atoms with Gasteiger partial charge < -0.3 is 14.8 Å². The fourth-order valence-electron chi connectivity index (χ4n) is 4.08. The molecule has 2 aliphatic heterocycles. The molecular formula is C18H27NO2. The first kappa shape index (κ1) is 14.7. The second-order valence-electron chi connectivity index (χ2n) is 6.30. The van der Waals surface area contributed by atoms with Crippen LogP contribution < -0.4 is 10.1 Å². The second kappa shape index (κ2) is 6.27. The summed E-state index contributed by atoms with van der Waals surface area (Å²) in [5, 5.41) is 3.81. The van der Waals surface area contributed by atoms with Gasteiger partial charge in [-0.25, -0.2) is 0 Å². The van der Waals surface area contributed by atoms with Gasteiger partial charge in [-0.2, -0.15) is 0 Å². The summed E-state index contributed by atoms with van der Waals surface area (Å²) in [6, 6.07) is 6.87. The molecular weight excluding hydrogens is 262 g/mol. The highest BCUT2D eigenvalue weighted by atomic mass is 16.5. The number of hydrogen-bond donors (Lipinski definition) is 1. The molecule has 2 aliphatic rings. The van der Waals surface area contributed by atoms with E-state index in [0.29, 0.717) is 12.0 Å². The standard InChI is InChI=1S/C18H27NO2/c1-4-12(5-2)17-14-7-6-10-21-18(14)15-11-13(20-3)8-9-16(15)19-17/h8-9,11-12,14,17-19H,4-7,10H2,1-3H3/t14-,17-,18-/m0/s1. The molecule has 0 bridgehead atoms. The van der Waals surface area contributed by atoms with Crippen LogP contribution in [0.2, 0.25) is 0 Å². The lowest BCUT2D eigenvalue weighted by Crippen LogP contribution is -2.45. The molecule has 21 heavy (non-hydrogen) atoms. The van der Waals surface area contributed by atoms with Crippen LogP contribution in [-0.2, 0) is 4.74 Å². The number of anilines is 1. The molecule has 3 heteroatoms. The molecule has 2 heterocycles. The van der Waals surface area contributed by atoms with Gasteiger partial charge in [0.2, 0.25) is 0 Å². The number of ether oxygens (including phenoxy) is 2. The number of hydrogen-bond acceptors (Lipinski definition) is 3. The Morgan fingerprint density at radius 3 is 2.86 bits per heavy atom. The largest absolute Gasteiger partial charge is 0.497 e. The normalized spacial score (nSPS) is 27.7. The van der Waals surface area contributed by atoms with Crippen molar-refractivity contribution < 1.29 is 9.47 Å². The average Bonchev–Trinajstić information content (AvgIpc) is 2.55. The third kappa shape index (κ3) is 2.64. The van der Waals surface area contributed by atoms with E-state index in [4.69, 9.17) is 9.47 Å². The molecule has 0 saturated carbocycles. The van der Waals surface area contributed by atoms with Crippen LogP contribution in [0.15, 0.2) is 18.2 Å². The maximum absolute atomic E-state index is 6.18. The van der Waals surface area contributed by atoms with Gasteiger partial charge >= 0.3 is 0 Å². The number of nitrogens with one attached hydrogen (secondary N) is 1. The first-order valence-corrected chi connectivity index (χ1v) is 8.34. The molecule has 0 spiro atoms. The van der Waals surface area contributed by atoms with E-state index < -0.39 is 0 Å². The zero-order chi connectivity index (χ0) is 14.8. The van der Waals surface area contributed by atoms with Crippen LogP contribution in [0.25, 0.3) is 0 Å². The molecule has 0 unspecified atom stereocenters. The zero-order valence-corrected chi connectivity index (χ0v) is 13.4. The molecule has 116 valence electrons. The lowest BCUT2D eigenvalue weighted by molar-refractivity contribution is -0.0444. The monoisotopic (exact) mass is 289 g/mol. The minimum absolute atomic E-state index is 0.232. The van der Waals surface area contributed by atoms with Crippen LogP contribution in [0.4, 0.5) is 5.69 Å². The van der Waals surface area contributed by atoms with Crippen molar-refractivity contribution in [2.75, 3.05) is 19.0 Å². The van der Waals surface area contributed by atoms with Crippen molar-refractivity contribution in [2.24, 2.45) is 11.8 Å². The van der Waals surface area contributed by atoms with Gasteiger partial charge in [-0.3, -0.25) is 0 Å². The van der Waals surface area contributed by atoms with Gasteiger partial charge in [0.1, 0.15) is 5.75 Å². The van der Waals surface area contributed by atoms with E-state index in [1.807, 2.05) is 6.07 Å². The first-order valence-electron chi connectivity index (χ1n) is 8.34. The summed E-state index contributed by atoms with van der Waals surface area (Å²) in [4.78, 5) is 0. The average molecular weight is 289 g/mol. The quantitative estimate of drug-likeness (QED) is 0.891. The molecule has 0 radical (unpaired) electrons. The molecule has 3 nitrogen and oxygen atoms in total. The van der Waals surface area contributed by atoms with E-state index in [1.165, 1.54) is 36.9 Å². The lowest BCUT2D eigenvalue weighted by atomic mass is 9.74. The molecule has 0 aliphatic carbocycles. The highest BCUT2D eigenvalue weighted by molar-refractivity contribution is 5.58. The topological polar surface area (TPSA) is 30.5 Å². The Balaban J connectivity index is 1.97. The Labute approximate surface area is 128 Å². The van der Waals surface area contributed by atoms with Gasteiger partial charge in [-0.05, 0) is 37.0 Å². The third-order valence-corrected chi connectivity index (χ3v) is 5.27. The molecule has 0 aromatic heterocycles. The maximum Gasteiger partial charge on any atom is 0.119 e. The summed E-state index contributed by atoms with van der Waals surface area (Å²) in [5.41, 5.74) is 2.51. The molecule has 1 N–H and O–H groups in total. The minimum Gasteiger partial charge on any atom is -0.497 e. The van der Waals surface area contributed by atoms with Crippen molar-refractivity contribution in [1.29, 1.82) is 0 Å². The van der Waals surface area contributed by atoms with E-state index in [9.17, 15) is 0 Å². The fraction of sp³-hybridized carbons (Fsp3) is 0.667. The highest BCUT2D eigenvalue weighted by Crippen LogP contribution is 2.47. The predicted octanol–water partition coefficient (Wildman–Crippen LogP) is 4.39. The van der Waals surface area contributed by atoms with Crippen molar-refractivity contribution in [1.82, 2.24) is 0 Å². The lowest BCUT2D eigenvalue weighted by Gasteiger charge is -2.46. The molecule has 1 aromatic rings. The van der Waals surface area contributed by atoms with Crippen molar-refractivity contribution in [3.8, 4) is 5.75 Å². The Hall–Kier alpha value is -1.22. The van der Waals surface area contributed by atoms with Crippen molar-refractivity contribution >= 4 is 5.69 Å². The van der Waals surface area contributed by atoms with Crippen LogP contribution in [0.5, 0.6) is 5.75 Å². The van der Waals surface area contributed by atoms with Crippen molar-refractivity contribution in [2.45, 2.75) is 51.7 Å². The van der Waals surface area contributed by atoms with E-state index >= 15 is 0 Å². The number of methoxy groups -OCH3 is 1. The Bertz CT molecular complexity index is 484. The second-order valence-corrected chi connectivity index (χ2v) is 6.30. The SMILES string of the molecule is CCC(CC)[C@@H]1Nc2ccc(OC)cc2[C@H]2OCCC[C@H]21. The minimum atomic E-state index is 0.232. The van der Waals surface area contributed by atoms with E-state index in [1.54, 1.807) is 7.11 Å². The number of fused-ring (bicyclic) bond motifs is 3. The van der Waals surface area contributed by atoms with Crippen LogP contribution in [0.1, 0.15) is 51.2 Å². The molecule has 0 amide bonds. The Kier molecular flexibility index (Phi) is 4.39.